The summed E-state index contributed by atoms with van der Waals surface area (Å²) in [5.41, 5.74) is 4.02. The van der Waals surface area contributed by atoms with Gasteiger partial charge in [-0.2, -0.15) is 0 Å². The number of carbonyl (C=O) groups excluding carboxylic acids is 1. The number of rotatable bonds is 2. The summed E-state index contributed by atoms with van der Waals surface area (Å²) in [5.74, 6) is 2.14. The highest BCUT2D eigenvalue weighted by Crippen LogP contribution is 2.76. The van der Waals surface area contributed by atoms with Gasteiger partial charge >= 0.3 is 6.03 Å². The number of piperidine rings is 1. The second-order valence-corrected chi connectivity index (χ2v) is 11.4. The fraction of sp³-hybridized carbons (Fsp3) is 0.731. The first-order chi connectivity index (χ1) is 14.7. The SMILES string of the molecule is O=C(N[C@H]1CC2(CCN([C@@H]3CC45C[C@H]4CC[C@@H]35)CC2)c2ccccc21)N1CCCC1. The lowest BCUT2D eigenvalue weighted by Crippen LogP contribution is -2.56. The Morgan fingerprint density at radius 1 is 0.967 bits per heavy atom. The Morgan fingerprint density at radius 2 is 1.77 bits per heavy atom. The third-order valence-corrected chi connectivity index (χ3v) is 10.3. The van der Waals surface area contributed by atoms with Gasteiger partial charge in [-0.05, 0) is 99.3 Å². The number of fused-ring (bicyclic) bond motifs is 2. The Morgan fingerprint density at radius 3 is 2.53 bits per heavy atom. The van der Waals surface area contributed by atoms with Crippen molar-refractivity contribution in [3.05, 3.63) is 35.4 Å². The highest BCUT2D eigenvalue weighted by Gasteiger charge is 2.71. The van der Waals surface area contributed by atoms with Crippen molar-refractivity contribution in [1.29, 1.82) is 0 Å². The molecule has 5 atom stereocenters. The summed E-state index contributed by atoms with van der Waals surface area (Å²) in [7, 11) is 0. The topological polar surface area (TPSA) is 35.6 Å². The van der Waals surface area contributed by atoms with Crippen LogP contribution in [0.2, 0.25) is 0 Å². The molecule has 1 N–H and O–H groups in total. The van der Waals surface area contributed by atoms with E-state index in [4.69, 9.17) is 0 Å². The highest BCUT2D eigenvalue weighted by atomic mass is 16.2. The highest BCUT2D eigenvalue weighted by molar-refractivity contribution is 5.75. The van der Waals surface area contributed by atoms with E-state index < -0.39 is 0 Å². The summed E-state index contributed by atoms with van der Waals surface area (Å²) in [6.07, 6.45) is 12.0. The molecule has 1 aromatic carbocycles. The van der Waals surface area contributed by atoms with E-state index in [2.05, 4.69) is 34.5 Å². The van der Waals surface area contributed by atoms with Gasteiger partial charge in [-0.3, -0.25) is 0 Å². The Kier molecular flexibility index (Phi) is 3.76. The van der Waals surface area contributed by atoms with Crippen LogP contribution in [-0.4, -0.2) is 48.1 Å². The van der Waals surface area contributed by atoms with Crippen molar-refractivity contribution in [2.24, 2.45) is 17.3 Å². The van der Waals surface area contributed by atoms with Crippen molar-refractivity contribution in [3.63, 3.8) is 0 Å². The van der Waals surface area contributed by atoms with Crippen molar-refractivity contribution < 1.29 is 4.79 Å². The molecule has 2 aliphatic heterocycles. The number of nitrogens with zero attached hydrogens (tertiary/aromatic N) is 2. The number of nitrogens with one attached hydrogen (secondary N) is 1. The number of likely N-dealkylation sites (tertiary alicyclic amines) is 2. The van der Waals surface area contributed by atoms with Crippen LogP contribution in [-0.2, 0) is 5.41 Å². The first kappa shape index (κ1) is 18.1. The van der Waals surface area contributed by atoms with E-state index in [9.17, 15) is 4.79 Å². The van der Waals surface area contributed by atoms with E-state index in [0.717, 1.165) is 55.6 Å². The van der Waals surface area contributed by atoms with Crippen LogP contribution in [0.15, 0.2) is 24.3 Å². The molecule has 160 valence electrons. The van der Waals surface area contributed by atoms with Gasteiger partial charge in [-0.15, -0.1) is 0 Å². The van der Waals surface area contributed by atoms with Crippen LogP contribution in [0.1, 0.15) is 75.0 Å². The molecule has 2 amide bonds. The summed E-state index contributed by atoms with van der Waals surface area (Å²) in [6, 6.07) is 10.2. The molecule has 2 spiro atoms. The predicted molar refractivity (Wildman–Crippen MR) is 117 cm³/mol. The zero-order valence-electron chi connectivity index (χ0n) is 18.1. The van der Waals surface area contributed by atoms with Gasteiger partial charge in [-0.25, -0.2) is 4.79 Å². The lowest BCUT2D eigenvalue weighted by Gasteiger charge is -2.53. The fourth-order valence-electron chi connectivity index (χ4n) is 8.58. The van der Waals surface area contributed by atoms with Crippen LogP contribution in [0.3, 0.4) is 0 Å². The van der Waals surface area contributed by atoms with Crippen LogP contribution in [0.25, 0.3) is 0 Å². The Hall–Kier alpha value is -1.55. The first-order valence-corrected chi connectivity index (χ1v) is 12.6. The molecule has 1 aromatic rings. The van der Waals surface area contributed by atoms with Gasteiger partial charge in [0.25, 0.3) is 0 Å². The predicted octanol–water partition coefficient (Wildman–Crippen LogP) is 4.46. The molecule has 4 heteroatoms. The monoisotopic (exact) mass is 405 g/mol. The van der Waals surface area contributed by atoms with E-state index in [1.807, 2.05) is 4.90 Å². The molecule has 30 heavy (non-hydrogen) atoms. The van der Waals surface area contributed by atoms with Gasteiger partial charge in [0.2, 0.25) is 0 Å². The van der Waals surface area contributed by atoms with Gasteiger partial charge in [0.15, 0.2) is 0 Å². The zero-order valence-corrected chi connectivity index (χ0v) is 18.1. The second kappa shape index (κ2) is 6.25. The van der Waals surface area contributed by atoms with Gasteiger partial charge in [0.1, 0.15) is 0 Å². The summed E-state index contributed by atoms with van der Waals surface area (Å²) in [5, 5.41) is 3.42. The van der Waals surface area contributed by atoms with Crippen molar-refractivity contribution in [2.75, 3.05) is 26.2 Å². The van der Waals surface area contributed by atoms with Gasteiger partial charge in [0.05, 0.1) is 6.04 Å². The minimum Gasteiger partial charge on any atom is -0.331 e. The number of carbonyl (C=O) groups is 1. The molecule has 0 bridgehead atoms. The van der Waals surface area contributed by atoms with Gasteiger partial charge in [0, 0.05) is 24.5 Å². The molecule has 5 fully saturated rings. The largest absolute Gasteiger partial charge is 0.331 e. The molecule has 1 unspecified atom stereocenters. The van der Waals surface area contributed by atoms with Gasteiger partial charge < -0.3 is 15.1 Å². The third-order valence-electron chi connectivity index (χ3n) is 10.3. The molecule has 4 nitrogen and oxygen atoms in total. The average molecular weight is 406 g/mol. The summed E-state index contributed by atoms with van der Waals surface area (Å²) in [6.45, 7) is 4.35. The fourth-order valence-corrected chi connectivity index (χ4v) is 8.58. The van der Waals surface area contributed by atoms with Crippen LogP contribution in [0.4, 0.5) is 4.79 Å². The Balaban J connectivity index is 1.07. The lowest BCUT2D eigenvalue weighted by molar-refractivity contribution is -0.0258. The molecule has 0 aromatic heterocycles. The van der Waals surface area contributed by atoms with Crippen molar-refractivity contribution in [1.82, 2.24) is 15.1 Å². The smallest absolute Gasteiger partial charge is 0.317 e. The number of urea groups is 1. The number of benzene rings is 1. The molecular formula is C26H35N3O. The van der Waals surface area contributed by atoms with Crippen molar-refractivity contribution in [3.8, 4) is 0 Å². The maximum absolute atomic E-state index is 12.8. The third kappa shape index (κ3) is 2.40. The maximum Gasteiger partial charge on any atom is 0.317 e. The number of amides is 2. The molecule has 2 saturated heterocycles. The number of hydrogen-bond acceptors (Lipinski definition) is 2. The van der Waals surface area contributed by atoms with E-state index in [-0.39, 0.29) is 17.5 Å². The van der Waals surface area contributed by atoms with E-state index in [1.54, 1.807) is 6.42 Å². The molecule has 2 heterocycles. The minimum absolute atomic E-state index is 0.154. The van der Waals surface area contributed by atoms with Crippen molar-refractivity contribution in [2.45, 2.75) is 75.3 Å². The Labute approximate surface area is 180 Å². The van der Waals surface area contributed by atoms with Crippen molar-refractivity contribution >= 4 is 6.03 Å². The quantitative estimate of drug-likeness (QED) is 0.789. The minimum atomic E-state index is 0.154. The second-order valence-electron chi connectivity index (χ2n) is 11.4. The summed E-state index contributed by atoms with van der Waals surface area (Å²) >= 11 is 0. The molecule has 4 aliphatic carbocycles. The van der Waals surface area contributed by atoms with E-state index in [0.29, 0.717) is 0 Å². The Bertz CT molecular complexity index is 867. The van der Waals surface area contributed by atoms with Crippen LogP contribution in [0.5, 0.6) is 0 Å². The number of hydrogen-bond donors (Lipinski definition) is 1. The maximum atomic E-state index is 12.8. The molecule has 7 rings (SSSR count). The standard InChI is InChI=1S/C26H35N3O/c30-24(29-11-3-4-12-29)27-22-16-25(20-6-2-1-5-19(20)22)9-13-28(14-10-25)23-17-26-15-18(26)7-8-21(23)26/h1-2,5-6,18,21-23H,3-4,7-17H2,(H,27,30)/t18-,21+,22+,23-,26?/m1/s1. The molecule has 6 aliphatic rings. The van der Waals surface area contributed by atoms with E-state index >= 15 is 0 Å². The molecular weight excluding hydrogens is 370 g/mol. The summed E-state index contributed by atoms with van der Waals surface area (Å²) < 4.78 is 0. The van der Waals surface area contributed by atoms with Gasteiger partial charge in [-0.1, -0.05) is 24.3 Å². The van der Waals surface area contributed by atoms with Crippen LogP contribution >= 0.6 is 0 Å². The first-order valence-electron chi connectivity index (χ1n) is 12.6. The zero-order chi connectivity index (χ0) is 19.9. The molecule has 3 saturated carbocycles. The average Bonchev–Trinajstić information content (AvgIpc) is 3.05. The van der Waals surface area contributed by atoms with E-state index in [1.165, 1.54) is 56.3 Å². The normalized spacial score (nSPS) is 40.6. The lowest BCUT2D eigenvalue weighted by atomic mass is 9.65. The summed E-state index contributed by atoms with van der Waals surface area (Å²) in [4.78, 5) is 17.7. The van der Waals surface area contributed by atoms with Crippen LogP contribution < -0.4 is 5.32 Å². The molecule has 0 radical (unpaired) electrons. The van der Waals surface area contributed by atoms with Crippen LogP contribution in [0, 0.1) is 17.3 Å².